The molecule has 0 amide bonds. The molecule has 114 heavy (non-hydrogen) atoms. The highest BCUT2D eigenvalue weighted by molar-refractivity contribution is 6.32. The lowest BCUT2D eigenvalue weighted by molar-refractivity contribution is 0.0650. The van der Waals surface area contributed by atoms with E-state index in [0.717, 1.165) is 84.5 Å². The number of fused-ring (bicyclic) bond motifs is 2. The van der Waals surface area contributed by atoms with Gasteiger partial charge in [-0.1, -0.05) is 216 Å². The van der Waals surface area contributed by atoms with Crippen LogP contribution in [0.4, 0.5) is 0 Å². The van der Waals surface area contributed by atoms with E-state index < -0.39 is 104 Å². The van der Waals surface area contributed by atoms with Crippen LogP contribution in [-0.4, -0.2) is 61.6 Å². The Balaban J connectivity index is 0.918. The van der Waals surface area contributed by atoms with Gasteiger partial charge >= 0.3 is 35.8 Å². The van der Waals surface area contributed by atoms with Crippen molar-refractivity contribution >= 4 is 47.4 Å². The zero-order valence-electron chi connectivity index (χ0n) is 62.4. The fourth-order valence-electron chi connectivity index (χ4n) is 13.1. The number of methoxy groups -OCH3 is 2. The monoisotopic (exact) mass is 1500 g/mol. The molecule has 0 atom stereocenters. The van der Waals surface area contributed by atoms with E-state index in [0.29, 0.717) is 28.2 Å². The number of esters is 6. The number of benzene rings is 14. The van der Waals surface area contributed by atoms with Gasteiger partial charge < -0.3 is 37.9 Å². The van der Waals surface area contributed by atoms with E-state index >= 15 is 33.6 Å². The van der Waals surface area contributed by atoms with Gasteiger partial charge in [-0.15, -0.1) is 0 Å². The first kappa shape index (κ1) is 74.3. The SMILES string of the molecule is COc1ccc(-c2ccc(C(=O)Oc3cc4c(c(OC(=O)c5ccc(-c6ccc(C)cc6)cc5)c3OC(=O)c3ccc(-c5ccc(OC)cc5)cc3)C(=O)c3cc(OC(=O)c5ccc(-c6ccc(C)cc6)cc5)c(OC(=O)c5ccc(-c6ccc(C)cc6)cc5)c(OC(=O)c5ccc(-c6ccc(C)cc6)cc5)c3C4=O)cc2)cc1. The Morgan fingerprint density at radius 1 is 0.211 bits per heavy atom. The van der Waals surface area contributed by atoms with Crippen molar-refractivity contribution in [3.05, 3.63) is 381 Å². The number of ether oxygens (including phenoxy) is 8. The van der Waals surface area contributed by atoms with Crippen molar-refractivity contribution in [3.8, 4) is 113 Å². The molecule has 0 saturated heterocycles. The Morgan fingerprint density at radius 3 is 0.570 bits per heavy atom. The molecule has 14 aromatic carbocycles. The number of carbonyl (C=O) groups is 8. The van der Waals surface area contributed by atoms with Gasteiger partial charge in [0.1, 0.15) is 11.5 Å². The van der Waals surface area contributed by atoms with E-state index in [1.807, 2.05) is 149 Å². The fraction of sp³-hybridized carbons (Fsp3) is 0.0612. The van der Waals surface area contributed by atoms with Gasteiger partial charge in [-0.25, -0.2) is 28.8 Å². The van der Waals surface area contributed by atoms with Crippen LogP contribution < -0.4 is 37.9 Å². The van der Waals surface area contributed by atoms with Crippen molar-refractivity contribution in [2.45, 2.75) is 27.7 Å². The molecule has 0 radical (unpaired) electrons. The molecular weight excluding hydrogens is 1430 g/mol. The molecule has 0 fully saturated rings. The average Bonchev–Trinajstić information content (AvgIpc) is 0.716. The molecule has 0 aromatic heterocycles. The molecular formula is C98H68O16. The Bertz CT molecular complexity index is 6060. The third-order valence-electron chi connectivity index (χ3n) is 19.6. The second-order valence-electron chi connectivity index (χ2n) is 27.3. The Hall–Kier alpha value is -15.2. The van der Waals surface area contributed by atoms with E-state index in [4.69, 9.17) is 37.9 Å². The predicted octanol–water partition coefficient (Wildman–Crippen LogP) is 21.0. The highest BCUT2D eigenvalue weighted by Gasteiger charge is 2.44. The smallest absolute Gasteiger partial charge is 0.343 e. The van der Waals surface area contributed by atoms with Gasteiger partial charge in [0.15, 0.2) is 34.6 Å². The van der Waals surface area contributed by atoms with E-state index in [9.17, 15) is 4.79 Å². The van der Waals surface area contributed by atoms with Crippen LogP contribution in [0.2, 0.25) is 0 Å². The van der Waals surface area contributed by atoms with Gasteiger partial charge in [0.05, 0.1) is 58.7 Å². The molecule has 1 aliphatic carbocycles. The zero-order valence-corrected chi connectivity index (χ0v) is 62.4. The minimum atomic E-state index is -1.20. The minimum absolute atomic E-state index is 0.0364. The zero-order chi connectivity index (χ0) is 79.3. The van der Waals surface area contributed by atoms with Crippen LogP contribution in [0, 0.1) is 27.7 Å². The van der Waals surface area contributed by atoms with Crippen LogP contribution in [-0.2, 0) is 0 Å². The molecule has 16 heteroatoms. The Morgan fingerprint density at radius 2 is 0.377 bits per heavy atom. The lowest BCUT2D eigenvalue weighted by atomic mass is 9.82. The summed E-state index contributed by atoms with van der Waals surface area (Å²) in [6, 6.07) is 85.1. The van der Waals surface area contributed by atoms with Crippen molar-refractivity contribution in [2.24, 2.45) is 0 Å². The predicted molar refractivity (Wildman–Crippen MR) is 433 cm³/mol. The van der Waals surface area contributed by atoms with Crippen molar-refractivity contribution in [1.29, 1.82) is 0 Å². The molecule has 0 unspecified atom stereocenters. The average molecular weight is 1500 g/mol. The maximum atomic E-state index is 16.6. The third-order valence-corrected chi connectivity index (χ3v) is 19.6. The fourth-order valence-corrected chi connectivity index (χ4v) is 13.1. The van der Waals surface area contributed by atoms with Crippen LogP contribution >= 0.6 is 0 Å². The van der Waals surface area contributed by atoms with Gasteiger partial charge in [0.25, 0.3) is 0 Å². The lowest BCUT2D eigenvalue weighted by Crippen LogP contribution is -2.27. The van der Waals surface area contributed by atoms with Gasteiger partial charge in [-0.3, -0.25) is 9.59 Å². The number of rotatable bonds is 20. The third kappa shape index (κ3) is 15.9. The summed E-state index contributed by atoms with van der Waals surface area (Å²) >= 11 is 0. The molecule has 0 bridgehead atoms. The van der Waals surface area contributed by atoms with Gasteiger partial charge in [0.2, 0.25) is 11.5 Å². The molecule has 0 spiro atoms. The molecule has 0 heterocycles. The highest BCUT2D eigenvalue weighted by atomic mass is 16.6. The molecule has 0 saturated carbocycles. The minimum Gasteiger partial charge on any atom is -0.497 e. The van der Waals surface area contributed by atoms with Crippen LogP contribution in [0.25, 0.3) is 66.8 Å². The molecule has 14 aromatic rings. The van der Waals surface area contributed by atoms with Crippen molar-refractivity contribution in [1.82, 2.24) is 0 Å². The van der Waals surface area contributed by atoms with Gasteiger partial charge in [-0.05, 0) is 204 Å². The summed E-state index contributed by atoms with van der Waals surface area (Å²) < 4.78 is 48.8. The molecule has 15 rings (SSSR count). The summed E-state index contributed by atoms with van der Waals surface area (Å²) in [6.07, 6.45) is 0. The highest BCUT2D eigenvalue weighted by Crippen LogP contribution is 2.52. The number of aryl methyl sites for hydroxylation is 4. The van der Waals surface area contributed by atoms with E-state index in [-0.39, 0.29) is 33.4 Å². The number of hydrogen-bond donors (Lipinski definition) is 0. The molecule has 0 aliphatic heterocycles. The molecule has 1 aliphatic rings. The second kappa shape index (κ2) is 32.2. The van der Waals surface area contributed by atoms with Crippen LogP contribution in [0.1, 0.15) is 116 Å². The summed E-state index contributed by atoms with van der Waals surface area (Å²) in [5, 5.41) is 0. The van der Waals surface area contributed by atoms with E-state index in [2.05, 4.69) is 0 Å². The summed E-state index contributed by atoms with van der Waals surface area (Å²) in [4.78, 5) is 124. The van der Waals surface area contributed by atoms with E-state index in [1.54, 1.807) is 111 Å². The maximum Gasteiger partial charge on any atom is 0.343 e. The van der Waals surface area contributed by atoms with Gasteiger partial charge in [-0.2, -0.15) is 0 Å². The van der Waals surface area contributed by atoms with Crippen LogP contribution in [0.15, 0.2) is 303 Å². The number of ketones is 2. The number of hydrogen-bond acceptors (Lipinski definition) is 16. The second-order valence-corrected chi connectivity index (χ2v) is 27.3. The summed E-state index contributed by atoms with van der Waals surface area (Å²) in [7, 11) is 3.10. The topological polar surface area (TPSA) is 210 Å². The molecule has 556 valence electrons. The van der Waals surface area contributed by atoms with Crippen molar-refractivity contribution in [2.75, 3.05) is 14.2 Å². The van der Waals surface area contributed by atoms with Crippen LogP contribution in [0.5, 0.6) is 46.0 Å². The Kier molecular flexibility index (Phi) is 21.0. The first-order valence-electron chi connectivity index (χ1n) is 36.3. The van der Waals surface area contributed by atoms with Crippen LogP contribution in [0.3, 0.4) is 0 Å². The lowest BCUT2D eigenvalue weighted by Gasteiger charge is -2.26. The summed E-state index contributed by atoms with van der Waals surface area (Å²) in [5.74, 6) is -12.7. The number of carbonyl (C=O) groups excluding carboxylic acids is 8. The Labute approximate surface area is 655 Å². The van der Waals surface area contributed by atoms with E-state index in [1.165, 1.54) is 72.8 Å². The van der Waals surface area contributed by atoms with Crippen molar-refractivity contribution < 1.29 is 76.3 Å². The summed E-state index contributed by atoms with van der Waals surface area (Å²) in [5.41, 5.74) is 10.0. The maximum absolute atomic E-state index is 16.6. The quantitative estimate of drug-likeness (QED) is 0.0513. The largest absolute Gasteiger partial charge is 0.497 e. The normalized spacial score (nSPS) is 11.3. The first-order chi connectivity index (χ1) is 55.3. The molecule has 16 nitrogen and oxygen atoms in total. The van der Waals surface area contributed by atoms with Gasteiger partial charge in [0, 0.05) is 11.1 Å². The first-order valence-corrected chi connectivity index (χ1v) is 36.3. The molecule has 0 N–H and O–H groups in total. The standard InChI is InChI=1S/C98H68O16/c1-57-7-15-61(16-8-57)65-23-35-73(36-24-65)93(101)109-83-55-81-85(91(113-97(105)77-43-29-67(30-44-77)63-19-11-59(3)12-20-63)89(83)111-95(103)75-39-27-66(28-40-75)62-17-9-58(2)10-18-62)88(100)82-56-84(110-94(102)74-37-25-69(26-38-74)71-47-51-79(107-5)52-48-71)90(112-96(104)76-41-33-70(34-42-76)72-49-53-80(108-6)54-50-72)92(86(82)87(81)99)114-98(106)78-45-31-68(32-46-78)64-21-13-60(4)14-22-64/h7-56H,1-6H3. The summed E-state index contributed by atoms with van der Waals surface area (Å²) in [6.45, 7) is 7.82. The van der Waals surface area contributed by atoms with Crippen molar-refractivity contribution in [3.63, 3.8) is 0 Å².